The van der Waals surface area contributed by atoms with E-state index in [1.54, 1.807) is 24.3 Å². The Balaban J connectivity index is 1.59. The quantitative estimate of drug-likeness (QED) is 0.569. The molecule has 3 aromatic rings. The third-order valence-corrected chi connectivity index (χ3v) is 3.64. The Morgan fingerprint density at radius 1 is 0.800 bits per heavy atom. The van der Waals surface area contributed by atoms with Gasteiger partial charge in [0, 0.05) is 29.5 Å². The van der Waals surface area contributed by atoms with Gasteiger partial charge >= 0.3 is 0 Å². The molecular weight excluding hydrogens is 316 g/mol. The molecule has 0 aliphatic carbocycles. The Morgan fingerprint density at radius 3 is 2.04 bits per heavy atom. The average molecular weight is 334 g/mol. The van der Waals surface area contributed by atoms with Crippen molar-refractivity contribution in [2.45, 2.75) is 6.54 Å². The lowest BCUT2D eigenvalue weighted by molar-refractivity contribution is 0.102. The molecule has 0 saturated heterocycles. The van der Waals surface area contributed by atoms with E-state index >= 15 is 0 Å². The first-order chi connectivity index (χ1) is 12.1. The van der Waals surface area contributed by atoms with Gasteiger partial charge in [-0.3, -0.25) is 4.79 Å². The maximum atomic E-state index is 12.1. The van der Waals surface area contributed by atoms with Gasteiger partial charge < -0.3 is 20.8 Å². The van der Waals surface area contributed by atoms with E-state index in [1.807, 2.05) is 42.5 Å². The smallest absolute Gasteiger partial charge is 0.255 e. The molecule has 0 aliphatic heterocycles. The summed E-state index contributed by atoms with van der Waals surface area (Å²) in [7, 11) is 0. The van der Waals surface area contributed by atoms with Crippen LogP contribution in [0.25, 0.3) is 0 Å². The minimum Gasteiger partial charge on any atom is -0.508 e. The summed E-state index contributed by atoms with van der Waals surface area (Å²) in [6.07, 6.45) is 0. The van der Waals surface area contributed by atoms with Crippen molar-refractivity contribution in [3.8, 4) is 11.5 Å². The van der Waals surface area contributed by atoms with Crippen molar-refractivity contribution in [1.82, 2.24) is 0 Å². The molecule has 0 atom stereocenters. The zero-order valence-electron chi connectivity index (χ0n) is 13.4. The zero-order chi connectivity index (χ0) is 17.6. The van der Waals surface area contributed by atoms with E-state index in [2.05, 4.69) is 10.6 Å². The highest BCUT2D eigenvalue weighted by Gasteiger charge is 2.05. The average Bonchev–Trinajstić information content (AvgIpc) is 2.61. The Hall–Kier alpha value is -3.47. The Bertz CT molecular complexity index is 842. The van der Waals surface area contributed by atoms with E-state index < -0.39 is 0 Å². The lowest BCUT2D eigenvalue weighted by Crippen LogP contribution is -2.11. The predicted octanol–water partition coefficient (Wildman–Crippen LogP) is 3.96. The van der Waals surface area contributed by atoms with Crippen LogP contribution in [0.4, 0.5) is 11.4 Å². The molecule has 4 N–H and O–H groups in total. The highest BCUT2D eigenvalue weighted by Crippen LogP contribution is 2.21. The molecule has 5 heteroatoms. The number of carbonyl (C=O) groups excluding carboxylic acids is 1. The first-order valence-electron chi connectivity index (χ1n) is 7.82. The molecule has 5 nitrogen and oxygen atoms in total. The molecule has 0 saturated carbocycles. The minimum absolute atomic E-state index is 0.0239. The van der Waals surface area contributed by atoms with Crippen molar-refractivity contribution in [2.24, 2.45) is 0 Å². The van der Waals surface area contributed by atoms with Gasteiger partial charge in [-0.2, -0.15) is 0 Å². The maximum absolute atomic E-state index is 12.1. The van der Waals surface area contributed by atoms with E-state index in [-0.39, 0.29) is 17.4 Å². The number of amides is 1. The Labute approximate surface area is 145 Å². The molecule has 0 aliphatic rings. The van der Waals surface area contributed by atoms with E-state index in [4.69, 9.17) is 0 Å². The van der Waals surface area contributed by atoms with Gasteiger partial charge in [-0.05, 0) is 54.1 Å². The SMILES string of the molecule is O=C(Nc1ccc(NCc2cc(O)cc(O)c2)cc1)c1ccccc1. The topological polar surface area (TPSA) is 81.6 Å². The first-order valence-corrected chi connectivity index (χ1v) is 7.82. The van der Waals surface area contributed by atoms with Gasteiger partial charge in [-0.1, -0.05) is 18.2 Å². The maximum Gasteiger partial charge on any atom is 0.255 e. The van der Waals surface area contributed by atoms with Crippen LogP contribution in [0.15, 0.2) is 72.8 Å². The van der Waals surface area contributed by atoms with E-state index in [0.717, 1.165) is 11.3 Å². The molecule has 3 aromatic carbocycles. The minimum atomic E-state index is -0.156. The summed E-state index contributed by atoms with van der Waals surface area (Å²) in [4.78, 5) is 12.1. The van der Waals surface area contributed by atoms with Crippen LogP contribution < -0.4 is 10.6 Å². The third-order valence-electron chi connectivity index (χ3n) is 3.64. The number of rotatable bonds is 5. The molecule has 0 fully saturated rings. The normalized spacial score (nSPS) is 10.2. The highest BCUT2D eigenvalue weighted by molar-refractivity contribution is 6.04. The van der Waals surface area contributed by atoms with E-state index in [0.29, 0.717) is 17.8 Å². The van der Waals surface area contributed by atoms with Gasteiger partial charge in [0.1, 0.15) is 11.5 Å². The highest BCUT2D eigenvalue weighted by atomic mass is 16.3. The van der Waals surface area contributed by atoms with Gasteiger partial charge in [0.25, 0.3) is 5.91 Å². The fourth-order valence-corrected chi connectivity index (χ4v) is 2.43. The second kappa shape index (κ2) is 7.40. The Morgan fingerprint density at radius 2 is 1.40 bits per heavy atom. The molecule has 1 amide bonds. The van der Waals surface area contributed by atoms with Gasteiger partial charge in [0.05, 0.1) is 0 Å². The molecule has 0 aromatic heterocycles. The number of hydrogen-bond donors (Lipinski definition) is 4. The van der Waals surface area contributed by atoms with Crippen LogP contribution in [0, 0.1) is 0 Å². The molecular formula is C20H18N2O3. The van der Waals surface area contributed by atoms with E-state index in [9.17, 15) is 15.0 Å². The van der Waals surface area contributed by atoms with Crippen LogP contribution in [-0.4, -0.2) is 16.1 Å². The zero-order valence-corrected chi connectivity index (χ0v) is 13.4. The van der Waals surface area contributed by atoms with Crippen molar-refractivity contribution < 1.29 is 15.0 Å². The lowest BCUT2D eigenvalue weighted by Gasteiger charge is -2.09. The molecule has 0 spiro atoms. The second-order valence-electron chi connectivity index (χ2n) is 5.61. The van der Waals surface area contributed by atoms with Gasteiger partial charge in [0.15, 0.2) is 0 Å². The predicted molar refractivity (Wildman–Crippen MR) is 97.9 cm³/mol. The number of hydrogen-bond acceptors (Lipinski definition) is 4. The summed E-state index contributed by atoms with van der Waals surface area (Å²) < 4.78 is 0. The van der Waals surface area contributed by atoms with Crippen LogP contribution in [0.3, 0.4) is 0 Å². The van der Waals surface area contributed by atoms with E-state index in [1.165, 1.54) is 6.07 Å². The standard InChI is InChI=1S/C20H18N2O3/c23-18-10-14(11-19(24)12-18)13-21-16-6-8-17(9-7-16)22-20(25)15-4-2-1-3-5-15/h1-12,21,23-24H,13H2,(H,22,25). The van der Waals surface area contributed by atoms with Crippen LogP contribution in [-0.2, 0) is 6.54 Å². The number of benzene rings is 3. The number of anilines is 2. The molecule has 0 bridgehead atoms. The van der Waals surface area contributed by atoms with Crippen molar-refractivity contribution >= 4 is 17.3 Å². The van der Waals surface area contributed by atoms with Crippen molar-refractivity contribution in [3.05, 3.63) is 83.9 Å². The van der Waals surface area contributed by atoms with Gasteiger partial charge in [-0.25, -0.2) is 0 Å². The molecule has 25 heavy (non-hydrogen) atoms. The van der Waals surface area contributed by atoms with Crippen molar-refractivity contribution in [3.63, 3.8) is 0 Å². The van der Waals surface area contributed by atoms with Crippen molar-refractivity contribution in [2.75, 3.05) is 10.6 Å². The van der Waals surface area contributed by atoms with Crippen LogP contribution in [0.2, 0.25) is 0 Å². The third kappa shape index (κ3) is 4.51. The fourth-order valence-electron chi connectivity index (χ4n) is 2.43. The monoisotopic (exact) mass is 334 g/mol. The largest absolute Gasteiger partial charge is 0.508 e. The summed E-state index contributed by atoms with van der Waals surface area (Å²) in [6.45, 7) is 0.456. The number of phenols is 2. The Kier molecular flexibility index (Phi) is 4.85. The van der Waals surface area contributed by atoms with Crippen LogP contribution in [0.5, 0.6) is 11.5 Å². The number of phenolic OH excluding ortho intramolecular Hbond substituents is 2. The molecule has 3 rings (SSSR count). The van der Waals surface area contributed by atoms with Crippen LogP contribution in [0.1, 0.15) is 15.9 Å². The summed E-state index contributed by atoms with van der Waals surface area (Å²) in [6, 6.07) is 20.8. The second-order valence-corrected chi connectivity index (χ2v) is 5.61. The van der Waals surface area contributed by atoms with Crippen molar-refractivity contribution in [1.29, 1.82) is 0 Å². The fraction of sp³-hybridized carbons (Fsp3) is 0.0500. The molecule has 0 heterocycles. The molecule has 0 unspecified atom stereocenters. The van der Waals surface area contributed by atoms with Gasteiger partial charge in [-0.15, -0.1) is 0 Å². The van der Waals surface area contributed by atoms with Gasteiger partial charge in [0.2, 0.25) is 0 Å². The summed E-state index contributed by atoms with van der Waals surface area (Å²) in [5.74, 6) is -0.108. The number of aromatic hydroxyl groups is 2. The lowest BCUT2D eigenvalue weighted by atomic mass is 10.2. The molecule has 126 valence electrons. The number of nitrogens with one attached hydrogen (secondary N) is 2. The summed E-state index contributed by atoms with van der Waals surface area (Å²) in [5, 5.41) is 25.0. The number of carbonyl (C=O) groups is 1. The summed E-state index contributed by atoms with van der Waals surface area (Å²) in [5.41, 5.74) is 2.93. The van der Waals surface area contributed by atoms with Crippen LogP contribution >= 0.6 is 0 Å². The first kappa shape index (κ1) is 16.4. The molecule has 0 radical (unpaired) electrons. The summed E-state index contributed by atoms with van der Waals surface area (Å²) >= 11 is 0.